The minimum Gasteiger partial charge on any atom is -0.495 e. The van der Waals surface area contributed by atoms with E-state index in [0.29, 0.717) is 5.11 Å². The summed E-state index contributed by atoms with van der Waals surface area (Å²) in [6, 6.07) is 13.8. The van der Waals surface area contributed by atoms with Gasteiger partial charge >= 0.3 is 0 Å². The van der Waals surface area contributed by atoms with Crippen molar-refractivity contribution in [2.24, 2.45) is 5.10 Å². The third kappa shape index (κ3) is 4.53. The van der Waals surface area contributed by atoms with Crippen molar-refractivity contribution in [3.63, 3.8) is 0 Å². The summed E-state index contributed by atoms with van der Waals surface area (Å²) < 4.78 is 5.28. The summed E-state index contributed by atoms with van der Waals surface area (Å²) >= 11 is 5.27. The first-order chi connectivity index (χ1) is 11.0. The fraction of sp³-hybridized carbons (Fsp3) is 0.222. The van der Waals surface area contributed by atoms with Crippen molar-refractivity contribution in [2.45, 2.75) is 20.8 Å². The number of thiocarbonyl (C=S) groups is 1. The van der Waals surface area contributed by atoms with Crippen molar-refractivity contribution in [2.75, 3.05) is 12.4 Å². The van der Waals surface area contributed by atoms with Crippen LogP contribution in [0, 0.1) is 13.8 Å². The van der Waals surface area contributed by atoms with Gasteiger partial charge in [0, 0.05) is 0 Å². The molecule has 0 heterocycles. The van der Waals surface area contributed by atoms with Crippen molar-refractivity contribution in [1.82, 2.24) is 5.43 Å². The number of ether oxygens (including phenoxy) is 1. The standard InChI is InChI=1S/C18H21N3OS/c1-12-9-10-15(11-13(12)2)14(3)20-21-18(23)19-16-7-5-6-8-17(16)22-4/h5-11H,1-4H3,(H2,19,21,23). The summed E-state index contributed by atoms with van der Waals surface area (Å²) in [6.45, 7) is 6.13. The number of nitrogens with zero attached hydrogens (tertiary/aromatic N) is 1. The maximum absolute atomic E-state index is 5.28. The molecule has 0 aliphatic rings. The maximum Gasteiger partial charge on any atom is 0.191 e. The second kappa shape index (κ2) is 7.74. The predicted molar refractivity (Wildman–Crippen MR) is 100 cm³/mol. The number of para-hydroxylation sites is 2. The molecular weight excluding hydrogens is 306 g/mol. The Morgan fingerprint density at radius 3 is 2.52 bits per heavy atom. The molecule has 23 heavy (non-hydrogen) atoms. The van der Waals surface area contributed by atoms with Gasteiger partial charge in [-0.25, -0.2) is 0 Å². The lowest BCUT2D eigenvalue weighted by atomic mass is 10.0. The fourth-order valence-electron chi connectivity index (χ4n) is 2.06. The molecule has 2 aromatic carbocycles. The average Bonchev–Trinajstić information content (AvgIpc) is 2.55. The second-order valence-electron chi connectivity index (χ2n) is 5.26. The smallest absolute Gasteiger partial charge is 0.191 e. The molecule has 0 atom stereocenters. The molecule has 2 rings (SSSR count). The van der Waals surface area contributed by atoms with Gasteiger partial charge in [-0.2, -0.15) is 5.10 Å². The third-order valence-corrected chi connectivity index (χ3v) is 3.80. The number of benzene rings is 2. The van der Waals surface area contributed by atoms with Crippen LogP contribution < -0.4 is 15.5 Å². The van der Waals surface area contributed by atoms with Crippen molar-refractivity contribution in [3.8, 4) is 5.75 Å². The molecule has 120 valence electrons. The second-order valence-corrected chi connectivity index (χ2v) is 5.67. The van der Waals surface area contributed by atoms with Crippen LogP contribution in [0.5, 0.6) is 5.75 Å². The Kier molecular flexibility index (Phi) is 5.71. The molecule has 0 aliphatic carbocycles. The monoisotopic (exact) mass is 327 g/mol. The van der Waals surface area contributed by atoms with E-state index < -0.39 is 0 Å². The number of rotatable bonds is 4. The molecule has 4 nitrogen and oxygen atoms in total. The molecule has 2 N–H and O–H groups in total. The third-order valence-electron chi connectivity index (χ3n) is 3.61. The fourth-order valence-corrected chi connectivity index (χ4v) is 2.22. The van der Waals surface area contributed by atoms with E-state index in [-0.39, 0.29) is 0 Å². The molecule has 0 saturated carbocycles. The molecule has 2 aromatic rings. The summed E-state index contributed by atoms with van der Waals surface area (Å²) in [5.74, 6) is 0.728. The largest absolute Gasteiger partial charge is 0.495 e. The highest BCUT2D eigenvalue weighted by atomic mass is 32.1. The van der Waals surface area contributed by atoms with Gasteiger partial charge in [0.25, 0.3) is 0 Å². The summed E-state index contributed by atoms with van der Waals surface area (Å²) in [7, 11) is 1.62. The van der Waals surface area contributed by atoms with Crippen molar-refractivity contribution in [3.05, 3.63) is 59.2 Å². The van der Waals surface area contributed by atoms with Gasteiger partial charge in [-0.1, -0.05) is 24.3 Å². The van der Waals surface area contributed by atoms with Gasteiger partial charge in [0.15, 0.2) is 5.11 Å². The predicted octanol–water partition coefficient (Wildman–Crippen LogP) is 4.02. The van der Waals surface area contributed by atoms with Crippen LogP contribution in [0.2, 0.25) is 0 Å². The number of hydrogen-bond donors (Lipinski definition) is 2. The SMILES string of the molecule is COc1ccccc1NC(=S)NN=C(C)c1ccc(C)c(C)c1. The van der Waals surface area contributed by atoms with Gasteiger partial charge in [0.1, 0.15) is 5.75 Å². The zero-order chi connectivity index (χ0) is 16.8. The minimum absolute atomic E-state index is 0.415. The van der Waals surface area contributed by atoms with Crippen molar-refractivity contribution < 1.29 is 4.74 Å². The Morgan fingerprint density at radius 1 is 1.09 bits per heavy atom. The van der Waals surface area contributed by atoms with Crippen LogP contribution in [-0.2, 0) is 0 Å². The molecule has 0 aromatic heterocycles. The average molecular weight is 327 g/mol. The summed E-state index contributed by atoms with van der Waals surface area (Å²) in [6.07, 6.45) is 0. The van der Waals surface area contributed by atoms with Gasteiger partial charge in [0.05, 0.1) is 18.5 Å². The van der Waals surface area contributed by atoms with E-state index in [9.17, 15) is 0 Å². The Hall–Kier alpha value is -2.40. The Bertz CT molecular complexity index is 741. The summed E-state index contributed by atoms with van der Waals surface area (Å²) in [4.78, 5) is 0. The first-order valence-electron chi connectivity index (χ1n) is 7.33. The van der Waals surface area contributed by atoms with E-state index in [1.807, 2.05) is 31.2 Å². The normalized spacial score (nSPS) is 11.0. The van der Waals surface area contributed by atoms with Crippen LogP contribution in [-0.4, -0.2) is 17.9 Å². The first kappa shape index (κ1) is 17.0. The van der Waals surface area contributed by atoms with E-state index in [2.05, 4.69) is 47.9 Å². The Labute approximate surface area is 142 Å². The molecule has 0 radical (unpaired) electrons. The molecule has 0 bridgehead atoms. The molecule has 0 saturated heterocycles. The molecule has 0 spiro atoms. The van der Waals surface area contributed by atoms with Gasteiger partial charge < -0.3 is 10.1 Å². The van der Waals surface area contributed by atoms with E-state index in [1.165, 1.54) is 11.1 Å². The van der Waals surface area contributed by atoms with Gasteiger partial charge in [-0.15, -0.1) is 0 Å². The van der Waals surface area contributed by atoms with Crippen molar-refractivity contribution >= 4 is 28.7 Å². The minimum atomic E-state index is 0.415. The van der Waals surface area contributed by atoms with Crippen LogP contribution in [0.1, 0.15) is 23.6 Å². The van der Waals surface area contributed by atoms with E-state index in [4.69, 9.17) is 17.0 Å². The number of aryl methyl sites for hydroxylation is 2. The van der Waals surface area contributed by atoms with Gasteiger partial charge in [-0.3, -0.25) is 5.43 Å². The lowest BCUT2D eigenvalue weighted by Crippen LogP contribution is -2.25. The molecular formula is C18H21N3OS. The highest BCUT2D eigenvalue weighted by Crippen LogP contribution is 2.22. The quantitative estimate of drug-likeness (QED) is 0.506. The van der Waals surface area contributed by atoms with Crippen LogP contribution in [0.4, 0.5) is 5.69 Å². The first-order valence-corrected chi connectivity index (χ1v) is 7.74. The van der Waals surface area contributed by atoms with Gasteiger partial charge in [0.2, 0.25) is 0 Å². The molecule has 5 heteroatoms. The number of hydrazone groups is 1. The number of methoxy groups -OCH3 is 1. The van der Waals surface area contributed by atoms with E-state index in [0.717, 1.165) is 22.7 Å². The Balaban J connectivity index is 2.03. The van der Waals surface area contributed by atoms with Crippen LogP contribution in [0.15, 0.2) is 47.6 Å². The highest BCUT2D eigenvalue weighted by molar-refractivity contribution is 7.80. The van der Waals surface area contributed by atoms with E-state index >= 15 is 0 Å². The summed E-state index contributed by atoms with van der Waals surface area (Å²) in [5.41, 5.74) is 8.12. The number of hydrogen-bond acceptors (Lipinski definition) is 3. The van der Waals surface area contributed by atoms with Gasteiger partial charge in [-0.05, 0) is 67.9 Å². The van der Waals surface area contributed by atoms with Crippen LogP contribution in [0.3, 0.4) is 0 Å². The molecule has 0 unspecified atom stereocenters. The lowest BCUT2D eigenvalue weighted by Gasteiger charge is -2.11. The zero-order valence-electron chi connectivity index (χ0n) is 13.8. The lowest BCUT2D eigenvalue weighted by molar-refractivity contribution is 0.417. The topological polar surface area (TPSA) is 45.6 Å². The highest BCUT2D eigenvalue weighted by Gasteiger charge is 2.04. The number of anilines is 1. The molecule has 0 amide bonds. The molecule has 0 aliphatic heterocycles. The van der Waals surface area contributed by atoms with Crippen LogP contribution in [0.25, 0.3) is 0 Å². The number of nitrogens with one attached hydrogen (secondary N) is 2. The van der Waals surface area contributed by atoms with Crippen molar-refractivity contribution in [1.29, 1.82) is 0 Å². The zero-order valence-corrected chi connectivity index (χ0v) is 14.6. The molecule has 0 fully saturated rings. The maximum atomic E-state index is 5.28. The van der Waals surface area contributed by atoms with E-state index in [1.54, 1.807) is 7.11 Å². The van der Waals surface area contributed by atoms with Crippen LogP contribution >= 0.6 is 12.2 Å². The Morgan fingerprint density at radius 2 is 1.83 bits per heavy atom. The summed E-state index contributed by atoms with van der Waals surface area (Å²) in [5, 5.41) is 7.83.